The molecule has 0 heterocycles. The van der Waals surface area contributed by atoms with Crippen LogP contribution in [0, 0.1) is 0 Å². The van der Waals surface area contributed by atoms with Crippen molar-refractivity contribution in [1.82, 2.24) is 0 Å². The van der Waals surface area contributed by atoms with Gasteiger partial charge in [-0.05, 0) is 39.8 Å². The summed E-state index contributed by atoms with van der Waals surface area (Å²) in [4.78, 5) is 23.3. The van der Waals surface area contributed by atoms with Crippen LogP contribution in [0.5, 0.6) is 0 Å². The van der Waals surface area contributed by atoms with Crippen molar-refractivity contribution in [2.75, 3.05) is 12.4 Å². The lowest BCUT2D eigenvalue weighted by Gasteiger charge is -2.19. The molecule has 6 nitrogen and oxygen atoms in total. The fourth-order valence-corrected chi connectivity index (χ4v) is 3.02. The van der Waals surface area contributed by atoms with Gasteiger partial charge in [0.25, 0.3) is 0 Å². The minimum atomic E-state index is -4.00. The van der Waals surface area contributed by atoms with Crippen molar-refractivity contribution in [3.05, 3.63) is 29.8 Å². The molecule has 0 fully saturated rings. The quantitative estimate of drug-likeness (QED) is 0.768. The van der Waals surface area contributed by atoms with Crippen LogP contribution in [0.25, 0.3) is 0 Å². The van der Waals surface area contributed by atoms with E-state index in [0.29, 0.717) is 0 Å². The number of hydrogen-bond acceptors (Lipinski definition) is 6. The first-order valence-corrected chi connectivity index (χ1v) is 8.43. The average Bonchev–Trinajstić information content (AvgIpc) is 2.36. The SMILES string of the molecule is CCOC(=O)c1ccccc1S(=O)(=O)CC(=O)OC(C)(C)C. The molecule has 1 aromatic rings. The summed E-state index contributed by atoms with van der Waals surface area (Å²) in [6, 6.07) is 5.62. The number of carbonyl (C=O) groups is 2. The van der Waals surface area contributed by atoms with Gasteiger partial charge in [0.15, 0.2) is 15.6 Å². The Balaban J connectivity index is 3.09. The van der Waals surface area contributed by atoms with Gasteiger partial charge in [0.05, 0.1) is 17.1 Å². The fraction of sp³-hybridized carbons (Fsp3) is 0.467. The molecular formula is C15H20O6S. The Labute approximate surface area is 130 Å². The summed E-state index contributed by atoms with van der Waals surface area (Å²) in [5.74, 6) is -2.45. The standard InChI is InChI=1S/C15H20O6S/c1-5-20-14(17)11-8-6-7-9-12(11)22(18,19)10-13(16)21-15(2,3)4/h6-9H,5,10H2,1-4H3. The predicted molar refractivity (Wildman–Crippen MR) is 80.3 cm³/mol. The molecular weight excluding hydrogens is 308 g/mol. The Hall–Kier alpha value is -1.89. The van der Waals surface area contributed by atoms with E-state index in [2.05, 4.69) is 0 Å². The van der Waals surface area contributed by atoms with Gasteiger partial charge in [-0.25, -0.2) is 13.2 Å². The summed E-state index contributed by atoms with van der Waals surface area (Å²) in [6.45, 7) is 6.67. The summed E-state index contributed by atoms with van der Waals surface area (Å²) in [5, 5.41) is 0. The van der Waals surface area contributed by atoms with Gasteiger partial charge >= 0.3 is 11.9 Å². The minimum absolute atomic E-state index is 0.0899. The van der Waals surface area contributed by atoms with Gasteiger partial charge in [-0.2, -0.15) is 0 Å². The molecule has 0 atom stereocenters. The van der Waals surface area contributed by atoms with Crippen LogP contribution in [0.2, 0.25) is 0 Å². The molecule has 0 unspecified atom stereocenters. The molecule has 0 radical (unpaired) electrons. The summed E-state index contributed by atoms with van der Waals surface area (Å²) >= 11 is 0. The van der Waals surface area contributed by atoms with Crippen molar-refractivity contribution in [3.63, 3.8) is 0 Å². The van der Waals surface area contributed by atoms with Crippen LogP contribution in [0.3, 0.4) is 0 Å². The number of benzene rings is 1. The highest BCUT2D eigenvalue weighted by Gasteiger charge is 2.28. The fourth-order valence-electron chi connectivity index (χ4n) is 1.72. The lowest BCUT2D eigenvalue weighted by Crippen LogP contribution is -2.29. The largest absolute Gasteiger partial charge is 0.462 e. The molecule has 122 valence electrons. The Morgan fingerprint density at radius 3 is 2.27 bits per heavy atom. The molecule has 0 aromatic heterocycles. The maximum atomic E-state index is 12.3. The van der Waals surface area contributed by atoms with Crippen LogP contribution in [-0.4, -0.2) is 38.3 Å². The number of hydrogen-bond donors (Lipinski definition) is 0. The molecule has 1 aromatic carbocycles. The van der Waals surface area contributed by atoms with Gasteiger partial charge in [0.2, 0.25) is 0 Å². The highest BCUT2D eigenvalue weighted by molar-refractivity contribution is 7.92. The van der Waals surface area contributed by atoms with E-state index in [9.17, 15) is 18.0 Å². The van der Waals surface area contributed by atoms with E-state index in [0.717, 1.165) is 0 Å². The van der Waals surface area contributed by atoms with Gasteiger partial charge in [0.1, 0.15) is 5.60 Å². The number of sulfone groups is 1. The second kappa shape index (κ2) is 6.91. The van der Waals surface area contributed by atoms with Crippen molar-refractivity contribution < 1.29 is 27.5 Å². The Bertz CT molecular complexity index is 655. The normalized spacial score (nSPS) is 11.8. The van der Waals surface area contributed by atoms with Crippen molar-refractivity contribution in [3.8, 4) is 0 Å². The zero-order chi connectivity index (χ0) is 17.0. The Morgan fingerprint density at radius 2 is 1.73 bits per heavy atom. The van der Waals surface area contributed by atoms with E-state index in [1.807, 2.05) is 0 Å². The smallest absolute Gasteiger partial charge is 0.339 e. The topological polar surface area (TPSA) is 86.7 Å². The molecule has 0 bridgehead atoms. The molecule has 22 heavy (non-hydrogen) atoms. The number of ether oxygens (including phenoxy) is 2. The summed E-state index contributed by atoms with van der Waals surface area (Å²) in [7, 11) is -4.00. The first-order chi connectivity index (χ1) is 10.1. The third kappa shape index (κ3) is 5.14. The van der Waals surface area contributed by atoms with E-state index >= 15 is 0 Å². The summed E-state index contributed by atoms with van der Waals surface area (Å²) in [5.41, 5.74) is -0.874. The second-order valence-electron chi connectivity index (χ2n) is 5.56. The van der Waals surface area contributed by atoms with Crippen LogP contribution >= 0.6 is 0 Å². The van der Waals surface area contributed by atoms with Crippen molar-refractivity contribution in [1.29, 1.82) is 0 Å². The monoisotopic (exact) mass is 328 g/mol. The van der Waals surface area contributed by atoms with Gasteiger partial charge in [-0.3, -0.25) is 4.79 Å². The van der Waals surface area contributed by atoms with Crippen LogP contribution in [0.4, 0.5) is 0 Å². The second-order valence-corrected chi connectivity index (χ2v) is 7.52. The van der Waals surface area contributed by atoms with Crippen LogP contribution in [-0.2, 0) is 24.1 Å². The van der Waals surface area contributed by atoms with Gasteiger partial charge in [-0.15, -0.1) is 0 Å². The first-order valence-electron chi connectivity index (χ1n) is 6.77. The summed E-state index contributed by atoms with van der Waals surface area (Å²) < 4.78 is 34.5. The number of rotatable bonds is 5. The van der Waals surface area contributed by atoms with Gasteiger partial charge in [-0.1, -0.05) is 12.1 Å². The molecule has 0 saturated heterocycles. The van der Waals surface area contributed by atoms with E-state index in [-0.39, 0.29) is 17.1 Å². The molecule has 0 amide bonds. The molecule has 0 aliphatic rings. The molecule has 0 N–H and O–H groups in total. The minimum Gasteiger partial charge on any atom is -0.462 e. The maximum Gasteiger partial charge on any atom is 0.339 e. The van der Waals surface area contributed by atoms with Crippen LogP contribution < -0.4 is 0 Å². The average molecular weight is 328 g/mol. The molecule has 0 saturated carbocycles. The Kier molecular flexibility index (Phi) is 5.71. The zero-order valence-corrected chi connectivity index (χ0v) is 13.9. The highest BCUT2D eigenvalue weighted by atomic mass is 32.2. The molecule has 0 spiro atoms. The van der Waals surface area contributed by atoms with Crippen molar-refractivity contribution in [2.45, 2.75) is 38.2 Å². The first kappa shape index (κ1) is 18.2. The number of esters is 2. The van der Waals surface area contributed by atoms with Gasteiger partial charge in [0, 0.05) is 0 Å². The molecule has 0 aliphatic heterocycles. The molecule has 1 rings (SSSR count). The third-order valence-corrected chi connectivity index (χ3v) is 4.09. The van der Waals surface area contributed by atoms with E-state index < -0.39 is 33.1 Å². The van der Waals surface area contributed by atoms with Crippen LogP contribution in [0.1, 0.15) is 38.1 Å². The van der Waals surface area contributed by atoms with E-state index in [1.165, 1.54) is 24.3 Å². The van der Waals surface area contributed by atoms with Crippen molar-refractivity contribution in [2.24, 2.45) is 0 Å². The highest BCUT2D eigenvalue weighted by Crippen LogP contribution is 2.19. The maximum absolute atomic E-state index is 12.3. The number of carbonyl (C=O) groups excluding carboxylic acids is 2. The summed E-state index contributed by atoms with van der Waals surface area (Å²) in [6.07, 6.45) is 0. The zero-order valence-electron chi connectivity index (χ0n) is 13.1. The van der Waals surface area contributed by atoms with Crippen molar-refractivity contribution >= 4 is 21.8 Å². The lowest BCUT2D eigenvalue weighted by molar-refractivity contribution is -0.151. The molecule has 7 heteroatoms. The lowest BCUT2D eigenvalue weighted by atomic mass is 10.2. The Morgan fingerprint density at radius 1 is 1.14 bits per heavy atom. The van der Waals surface area contributed by atoms with Crippen LogP contribution in [0.15, 0.2) is 29.2 Å². The third-order valence-electron chi connectivity index (χ3n) is 2.45. The molecule has 0 aliphatic carbocycles. The van der Waals surface area contributed by atoms with Gasteiger partial charge < -0.3 is 9.47 Å². The van der Waals surface area contributed by atoms with E-state index in [1.54, 1.807) is 27.7 Å². The van der Waals surface area contributed by atoms with E-state index in [4.69, 9.17) is 9.47 Å². The predicted octanol–water partition coefficient (Wildman–Crippen LogP) is 1.98.